The summed E-state index contributed by atoms with van der Waals surface area (Å²) >= 11 is 12.7. The Hall–Kier alpha value is -2.10. The second kappa shape index (κ2) is 8.73. The molecule has 0 unspecified atom stereocenters. The summed E-state index contributed by atoms with van der Waals surface area (Å²) < 4.78 is 0. The maximum absolute atomic E-state index is 12.8. The van der Waals surface area contributed by atoms with E-state index in [-0.39, 0.29) is 24.0 Å². The van der Waals surface area contributed by atoms with Crippen LogP contribution in [0, 0.1) is 5.92 Å². The van der Waals surface area contributed by atoms with Gasteiger partial charge in [0.15, 0.2) is 5.78 Å². The SMILES string of the molecule is O=C1CC(=O)C(Cc2c(Cl)cccc2Cl)=C(C2CCC(c3ccccc3)CC2)N1. The molecule has 150 valence electrons. The quantitative estimate of drug-likeness (QED) is 0.621. The molecule has 0 saturated heterocycles. The van der Waals surface area contributed by atoms with E-state index >= 15 is 0 Å². The van der Waals surface area contributed by atoms with Crippen molar-refractivity contribution in [1.82, 2.24) is 5.32 Å². The molecule has 0 radical (unpaired) electrons. The van der Waals surface area contributed by atoms with Gasteiger partial charge in [0.2, 0.25) is 5.91 Å². The first-order valence-corrected chi connectivity index (χ1v) is 10.8. The Bertz CT molecular complexity index is 940. The number of Topliss-reactive ketones (excluding diaryl/α,β-unsaturated/α-hetero) is 1. The van der Waals surface area contributed by atoms with Crippen LogP contribution < -0.4 is 5.32 Å². The first-order valence-electron chi connectivity index (χ1n) is 10.1. The summed E-state index contributed by atoms with van der Waals surface area (Å²) in [6, 6.07) is 15.9. The smallest absolute Gasteiger partial charge is 0.231 e. The molecule has 0 spiro atoms. The van der Waals surface area contributed by atoms with Crippen LogP contribution in [0.3, 0.4) is 0 Å². The van der Waals surface area contributed by atoms with Crippen LogP contribution in [0.2, 0.25) is 10.0 Å². The fraction of sp³-hybridized carbons (Fsp3) is 0.333. The molecule has 1 fully saturated rings. The second-order valence-electron chi connectivity index (χ2n) is 7.88. The van der Waals surface area contributed by atoms with Crippen molar-refractivity contribution in [3.63, 3.8) is 0 Å². The Morgan fingerprint density at radius 3 is 2.10 bits per heavy atom. The van der Waals surface area contributed by atoms with Gasteiger partial charge in [-0.15, -0.1) is 0 Å². The lowest BCUT2D eigenvalue weighted by atomic mass is 9.75. The first-order chi connectivity index (χ1) is 14.0. The highest BCUT2D eigenvalue weighted by Gasteiger charge is 2.33. The minimum atomic E-state index is -0.218. The van der Waals surface area contributed by atoms with Crippen molar-refractivity contribution in [2.45, 2.75) is 44.4 Å². The molecule has 1 amide bonds. The predicted molar refractivity (Wildman–Crippen MR) is 116 cm³/mol. The molecule has 1 N–H and O–H groups in total. The van der Waals surface area contributed by atoms with Crippen molar-refractivity contribution in [3.05, 3.63) is 81.0 Å². The Balaban J connectivity index is 1.59. The van der Waals surface area contributed by atoms with Crippen molar-refractivity contribution < 1.29 is 9.59 Å². The number of rotatable bonds is 4. The maximum atomic E-state index is 12.8. The Morgan fingerprint density at radius 1 is 0.828 bits per heavy atom. The molecule has 1 aliphatic heterocycles. The second-order valence-corrected chi connectivity index (χ2v) is 8.69. The van der Waals surface area contributed by atoms with Gasteiger partial charge >= 0.3 is 0 Å². The zero-order valence-electron chi connectivity index (χ0n) is 16.1. The summed E-state index contributed by atoms with van der Waals surface area (Å²) in [6.45, 7) is 0. The molecule has 5 heteroatoms. The molecule has 29 heavy (non-hydrogen) atoms. The summed E-state index contributed by atoms with van der Waals surface area (Å²) in [5, 5.41) is 4.10. The largest absolute Gasteiger partial charge is 0.329 e. The number of nitrogens with one attached hydrogen (secondary N) is 1. The highest BCUT2D eigenvalue weighted by atomic mass is 35.5. The average Bonchev–Trinajstić information content (AvgIpc) is 2.72. The average molecular weight is 428 g/mol. The molecular formula is C24H23Cl2NO2. The van der Waals surface area contributed by atoms with Gasteiger partial charge in [0.1, 0.15) is 0 Å². The van der Waals surface area contributed by atoms with Crippen molar-refractivity contribution in [1.29, 1.82) is 0 Å². The van der Waals surface area contributed by atoms with Crippen LogP contribution in [-0.2, 0) is 16.0 Å². The van der Waals surface area contributed by atoms with E-state index in [0.29, 0.717) is 28.0 Å². The topological polar surface area (TPSA) is 46.2 Å². The lowest BCUT2D eigenvalue weighted by Crippen LogP contribution is -2.38. The minimum absolute atomic E-state index is 0.111. The van der Waals surface area contributed by atoms with Gasteiger partial charge in [0.05, 0.1) is 6.42 Å². The van der Waals surface area contributed by atoms with Gasteiger partial charge in [-0.2, -0.15) is 0 Å². The van der Waals surface area contributed by atoms with Crippen LogP contribution in [0.15, 0.2) is 59.8 Å². The van der Waals surface area contributed by atoms with Crippen LogP contribution in [0.25, 0.3) is 0 Å². The van der Waals surface area contributed by atoms with Crippen LogP contribution in [0.4, 0.5) is 0 Å². The number of hydrogen-bond donors (Lipinski definition) is 1. The third-order valence-electron chi connectivity index (χ3n) is 6.08. The van der Waals surface area contributed by atoms with Gasteiger partial charge < -0.3 is 5.32 Å². The van der Waals surface area contributed by atoms with Gasteiger partial charge in [-0.1, -0.05) is 59.6 Å². The fourth-order valence-corrected chi connectivity index (χ4v) is 5.06. The van der Waals surface area contributed by atoms with E-state index in [4.69, 9.17) is 23.2 Å². The van der Waals surface area contributed by atoms with Gasteiger partial charge in [-0.05, 0) is 60.8 Å². The molecule has 0 atom stereocenters. The zero-order chi connectivity index (χ0) is 20.4. The predicted octanol–water partition coefficient (Wildman–Crippen LogP) is 5.85. The lowest BCUT2D eigenvalue weighted by molar-refractivity contribution is -0.127. The number of carbonyl (C=O) groups excluding carboxylic acids is 2. The normalized spacial score (nSPS) is 22.6. The van der Waals surface area contributed by atoms with Gasteiger partial charge in [0.25, 0.3) is 0 Å². The first kappa shape index (κ1) is 20.2. The number of allylic oxidation sites excluding steroid dienone is 2. The maximum Gasteiger partial charge on any atom is 0.231 e. The Morgan fingerprint density at radius 2 is 1.45 bits per heavy atom. The van der Waals surface area contributed by atoms with Crippen LogP contribution >= 0.6 is 23.2 Å². The van der Waals surface area contributed by atoms with Gasteiger partial charge in [0, 0.05) is 27.7 Å². The highest BCUT2D eigenvalue weighted by Crippen LogP contribution is 2.40. The fourth-order valence-electron chi connectivity index (χ4n) is 4.53. The van der Waals surface area contributed by atoms with Crippen molar-refractivity contribution >= 4 is 34.9 Å². The van der Waals surface area contributed by atoms with Crippen LogP contribution in [-0.4, -0.2) is 11.7 Å². The summed E-state index contributed by atoms with van der Waals surface area (Å²) in [5.41, 5.74) is 3.55. The lowest BCUT2D eigenvalue weighted by Gasteiger charge is -2.33. The number of benzene rings is 2. The monoisotopic (exact) mass is 427 g/mol. The van der Waals surface area contributed by atoms with E-state index in [0.717, 1.165) is 36.9 Å². The van der Waals surface area contributed by atoms with E-state index in [1.165, 1.54) is 5.56 Å². The summed E-state index contributed by atoms with van der Waals surface area (Å²) in [6.07, 6.45) is 4.22. The van der Waals surface area contributed by atoms with E-state index in [2.05, 4.69) is 29.6 Å². The molecule has 1 aliphatic carbocycles. The molecule has 2 aliphatic rings. The number of hydrogen-bond acceptors (Lipinski definition) is 2. The molecule has 2 aromatic carbocycles. The number of amides is 1. The highest BCUT2D eigenvalue weighted by molar-refractivity contribution is 6.36. The Kier molecular flexibility index (Phi) is 6.07. The van der Waals surface area contributed by atoms with E-state index in [9.17, 15) is 9.59 Å². The van der Waals surface area contributed by atoms with Gasteiger partial charge in [-0.25, -0.2) is 0 Å². The molecule has 1 heterocycles. The van der Waals surface area contributed by atoms with E-state index in [1.807, 2.05) is 6.07 Å². The molecule has 1 saturated carbocycles. The van der Waals surface area contributed by atoms with Crippen LogP contribution in [0.1, 0.15) is 49.1 Å². The zero-order valence-corrected chi connectivity index (χ0v) is 17.6. The third kappa shape index (κ3) is 4.41. The molecule has 3 nitrogen and oxygen atoms in total. The van der Waals surface area contributed by atoms with E-state index < -0.39 is 0 Å². The molecule has 0 aromatic heterocycles. The van der Waals surface area contributed by atoms with Crippen molar-refractivity contribution in [3.8, 4) is 0 Å². The summed E-state index contributed by atoms with van der Waals surface area (Å²) in [5.74, 6) is 0.373. The number of carbonyl (C=O) groups is 2. The molecule has 4 rings (SSSR count). The van der Waals surface area contributed by atoms with Crippen molar-refractivity contribution in [2.75, 3.05) is 0 Å². The number of ketones is 1. The van der Waals surface area contributed by atoms with E-state index in [1.54, 1.807) is 18.2 Å². The molecular weight excluding hydrogens is 405 g/mol. The summed E-state index contributed by atoms with van der Waals surface area (Å²) in [7, 11) is 0. The molecule has 2 aromatic rings. The standard InChI is InChI=1S/C24H23Cl2NO2/c25-20-7-4-8-21(26)18(20)13-19-22(28)14-23(29)27-24(19)17-11-9-16(10-12-17)15-5-2-1-3-6-15/h1-8,16-17H,9-14H2,(H,27,29). The third-order valence-corrected chi connectivity index (χ3v) is 6.79. The molecule has 0 bridgehead atoms. The summed E-state index contributed by atoms with van der Waals surface area (Å²) in [4.78, 5) is 24.9. The van der Waals surface area contributed by atoms with Crippen molar-refractivity contribution in [2.24, 2.45) is 5.92 Å². The number of halogens is 2. The van der Waals surface area contributed by atoms with Crippen LogP contribution in [0.5, 0.6) is 0 Å². The Labute approximate surface area is 181 Å². The minimum Gasteiger partial charge on any atom is -0.329 e. The van der Waals surface area contributed by atoms with Gasteiger partial charge in [-0.3, -0.25) is 9.59 Å².